The molecule has 0 fully saturated rings. The largest absolute Gasteiger partial charge is 0.497 e. The molecule has 0 saturated carbocycles. The fraction of sp³-hybridized carbons (Fsp3) is 0.208. The third-order valence-corrected chi connectivity index (χ3v) is 6.33. The summed E-state index contributed by atoms with van der Waals surface area (Å²) in [4.78, 5) is 12.3. The third-order valence-electron chi connectivity index (χ3n) is 4.95. The number of hydrogen-bond acceptors (Lipinski definition) is 5. The van der Waals surface area contributed by atoms with E-state index in [9.17, 15) is 13.2 Å². The van der Waals surface area contributed by atoms with Gasteiger partial charge in [0, 0.05) is 11.4 Å². The molecule has 32 heavy (non-hydrogen) atoms. The van der Waals surface area contributed by atoms with Crippen molar-refractivity contribution in [2.24, 2.45) is 0 Å². The lowest BCUT2D eigenvalue weighted by atomic mass is 10.1. The van der Waals surface area contributed by atoms with E-state index in [-0.39, 0.29) is 17.4 Å². The number of carbonyl (C=O) groups is 1. The molecule has 0 aliphatic carbocycles. The molecule has 7 nitrogen and oxygen atoms in total. The fourth-order valence-electron chi connectivity index (χ4n) is 2.98. The lowest BCUT2D eigenvalue weighted by Crippen LogP contribution is -2.20. The number of rotatable bonds is 8. The lowest BCUT2D eigenvalue weighted by molar-refractivity contribution is -0.118. The highest BCUT2D eigenvalue weighted by atomic mass is 32.2. The van der Waals surface area contributed by atoms with Gasteiger partial charge in [0.2, 0.25) is 0 Å². The Bertz CT molecular complexity index is 1220. The highest BCUT2D eigenvalue weighted by Crippen LogP contribution is 2.24. The van der Waals surface area contributed by atoms with Gasteiger partial charge in [0.15, 0.2) is 6.61 Å². The molecular formula is C24H26N2O5S. The Balaban J connectivity index is 1.63. The van der Waals surface area contributed by atoms with Crippen LogP contribution in [-0.4, -0.2) is 28.0 Å². The number of nitrogens with one attached hydrogen (secondary N) is 2. The summed E-state index contributed by atoms with van der Waals surface area (Å²) in [7, 11) is -2.24. The van der Waals surface area contributed by atoms with Gasteiger partial charge in [-0.1, -0.05) is 6.07 Å². The number of sulfonamides is 1. The zero-order valence-corrected chi connectivity index (χ0v) is 19.2. The Morgan fingerprint density at radius 3 is 2.16 bits per heavy atom. The van der Waals surface area contributed by atoms with Gasteiger partial charge in [0.25, 0.3) is 15.9 Å². The maximum Gasteiger partial charge on any atom is 0.262 e. The van der Waals surface area contributed by atoms with Gasteiger partial charge < -0.3 is 14.8 Å². The first-order valence-electron chi connectivity index (χ1n) is 9.95. The molecule has 0 aliphatic heterocycles. The fourth-order valence-corrected chi connectivity index (χ4v) is 4.13. The van der Waals surface area contributed by atoms with Crippen LogP contribution in [0.1, 0.15) is 16.7 Å². The summed E-state index contributed by atoms with van der Waals surface area (Å²) in [5.74, 6) is 0.765. The number of carbonyl (C=O) groups excluding carboxylic acids is 1. The predicted octanol–water partition coefficient (Wildman–Crippen LogP) is 4.44. The maximum absolute atomic E-state index is 12.7. The second kappa shape index (κ2) is 9.74. The van der Waals surface area contributed by atoms with Crippen LogP contribution in [0.3, 0.4) is 0 Å². The van der Waals surface area contributed by atoms with Crippen molar-refractivity contribution >= 4 is 27.3 Å². The summed E-state index contributed by atoms with van der Waals surface area (Å²) in [6, 6.07) is 16.7. The Morgan fingerprint density at radius 2 is 1.53 bits per heavy atom. The highest BCUT2D eigenvalue weighted by molar-refractivity contribution is 7.92. The van der Waals surface area contributed by atoms with Crippen molar-refractivity contribution < 1.29 is 22.7 Å². The van der Waals surface area contributed by atoms with E-state index in [1.807, 2.05) is 32.0 Å². The summed E-state index contributed by atoms with van der Waals surface area (Å²) in [6.07, 6.45) is 0. The SMILES string of the molecule is COc1ccc(NS(=O)(=O)c2ccc(OCC(=O)Nc3ccc(C)c(C)c3)c(C)c2)cc1. The summed E-state index contributed by atoms with van der Waals surface area (Å²) in [5.41, 5.74) is 3.95. The molecule has 2 N–H and O–H groups in total. The first-order chi connectivity index (χ1) is 15.2. The zero-order chi connectivity index (χ0) is 23.3. The van der Waals surface area contributed by atoms with E-state index in [1.54, 1.807) is 44.4 Å². The van der Waals surface area contributed by atoms with Crippen LogP contribution in [-0.2, 0) is 14.8 Å². The zero-order valence-electron chi connectivity index (χ0n) is 18.4. The molecule has 0 atom stereocenters. The minimum Gasteiger partial charge on any atom is -0.497 e. The van der Waals surface area contributed by atoms with Crippen molar-refractivity contribution in [2.75, 3.05) is 23.8 Å². The molecule has 0 radical (unpaired) electrons. The molecule has 0 aliphatic rings. The summed E-state index contributed by atoms with van der Waals surface area (Å²) in [5, 5.41) is 2.79. The molecule has 8 heteroatoms. The number of hydrogen-bond donors (Lipinski definition) is 2. The molecule has 0 saturated heterocycles. The summed E-state index contributed by atoms with van der Waals surface area (Å²) in [6.45, 7) is 5.51. The van der Waals surface area contributed by atoms with Crippen molar-refractivity contribution in [2.45, 2.75) is 25.7 Å². The molecule has 3 rings (SSSR count). The molecule has 168 valence electrons. The van der Waals surface area contributed by atoms with Gasteiger partial charge in [-0.2, -0.15) is 0 Å². The van der Waals surface area contributed by atoms with Crippen molar-refractivity contribution in [3.05, 3.63) is 77.4 Å². The molecule has 3 aromatic rings. The Morgan fingerprint density at radius 1 is 0.844 bits per heavy atom. The number of anilines is 2. The topological polar surface area (TPSA) is 93.7 Å². The number of aryl methyl sites for hydroxylation is 3. The van der Waals surface area contributed by atoms with Crippen molar-refractivity contribution in [1.82, 2.24) is 0 Å². The Kier molecular flexibility index (Phi) is 7.05. The van der Waals surface area contributed by atoms with E-state index in [2.05, 4.69) is 10.0 Å². The van der Waals surface area contributed by atoms with Crippen LogP contribution in [0, 0.1) is 20.8 Å². The first-order valence-corrected chi connectivity index (χ1v) is 11.4. The van der Waals surface area contributed by atoms with E-state index in [1.165, 1.54) is 12.1 Å². The van der Waals surface area contributed by atoms with Crippen molar-refractivity contribution in [1.29, 1.82) is 0 Å². The van der Waals surface area contributed by atoms with E-state index in [0.29, 0.717) is 28.4 Å². The van der Waals surface area contributed by atoms with Crippen molar-refractivity contribution in [3.8, 4) is 11.5 Å². The number of amides is 1. The Labute approximate surface area is 188 Å². The Hall–Kier alpha value is -3.52. The van der Waals surface area contributed by atoms with Crippen LogP contribution >= 0.6 is 0 Å². The normalized spacial score (nSPS) is 11.0. The predicted molar refractivity (Wildman–Crippen MR) is 125 cm³/mol. The molecule has 0 spiro atoms. The number of methoxy groups -OCH3 is 1. The minimum absolute atomic E-state index is 0.0951. The van der Waals surface area contributed by atoms with E-state index >= 15 is 0 Å². The summed E-state index contributed by atoms with van der Waals surface area (Å²) >= 11 is 0. The van der Waals surface area contributed by atoms with Crippen LogP contribution in [0.15, 0.2) is 65.6 Å². The van der Waals surface area contributed by atoms with E-state index in [4.69, 9.17) is 9.47 Å². The molecule has 0 unspecified atom stereocenters. The average Bonchev–Trinajstić information content (AvgIpc) is 2.75. The van der Waals surface area contributed by atoms with Crippen LogP contribution in [0.4, 0.5) is 11.4 Å². The molecule has 0 aromatic heterocycles. The van der Waals surface area contributed by atoms with Crippen LogP contribution in [0.5, 0.6) is 11.5 Å². The van der Waals surface area contributed by atoms with Crippen LogP contribution in [0.2, 0.25) is 0 Å². The monoisotopic (exact) mass is 454 g/mol. The number of ether oxygens (including phenoxy) is 2. The standard InChI is InChI=1S/C24H26N2O5S/c1-16-5-6-20(13-17(16)2)25-24(27)15-31-23-12-11-22(14-18(23)3)32(28,29)26-19-7-9-21(30-4)10-8-19/h5-14,26H,15H2,1-4H3,(H,25,27). The third kappa shape index (κ3) is 5.79. The van der Waals surface area contributed by atoms with E-state index in [0.717, 1.165) is 11.1 Å². The van der Waals surface area contributed by atoms with E-state index < -0.39 is 10.0 Å². The number of benzene rings is 3. The van der Waals surface area contributed by atoms with Gasteiger partial charge in [-0.25, -0.2) is 8.42 Å². The smallest absolute Gasteiger partial charge is 0.262 e. The molecule has 0 heterocycles. The summed E-state index contributed by atoms with van der Waals surface area (Å²) < 4.78 is 38.6. The van der Waals surface area contributed by atoms with Crippen molar-refractivity contribution in [3.63, 3.8) is 0 Å². The van der Waals surface area contributed by atoms with Gasteiger partial charge >= 0.3 is 0 Å². The molecular weight excluding hydrogens is 428 g/mol. The van der Waals surface area contributed by atoms with Crippen LogP contribution < -0.4 is 19.5 Å². The molecule has 3 aromatic carbocycles. The second-order valence-corrected chi connectivity index (χ2v) is 9.08. The van der Waals surface area contributed by atoms with Gasteiger partial charge in [-0.05, 0) is 92.1 Å². The highest BCUT2D eigenvalue weighted by Gasteiger charge is 2.16. The van der Waals surface area contributed by atoms with Gasteiger partial charge in [-0.15, -0.1) is 0 Å². The maximum atomic E-state index is 12.7. The quantitative estimate of drug-likeness (QED) is 0.525. The van der Waals surface area contributed by atoms with Gasteiger partial charge in [0.1, 0.15) is 11.5 Å². The molecule has 0 bridgehead atoms. The minimum atomic E-state index is -3.78. The second-order valence-electron chi connectivity index (χ2n) is 7.40. The van der Waals surface area contributed by atoms with Gasteiger partial charge in [0.05, 0.1) is 12.0 Å². The first kappa shape index (κ1) is 23.1. The molecule has 1 amide bonds. The van der Waals surface area contributed by atoms with Crippen LogP contribution in [0.25, 0.3) is 0 Å². The lowest BCUT2D eigenvalue weighted by Gasteiger charge is -2.13. The van der Waals surface area contributed by atoms with Gasteiger partial charge in [-0.3, -0.25) is 9.52 Å². The average molecular weight is 455 g/mol.